The number of rotatable bonds is 9. The Morgan fingerprint density at radius 3 is 2.52 bits per heavy atom. The predicted octanol–water partition coefficient (Wildman–Crippen LogP) is 1.36. The molecule has 0 aliphatic carbocycles. The van der Waals surface area contributed by atoms with Crippen LogP contribution in [0.25, 0.3) is 0 Å². The van der Waals surface area contributed by atoms with Crippen LogP contribution in [0.1, 0.15) is 25.3 Å². The van der Waals surface area contributed by atoms with Crippen molar-refractivity contribution in [2.75, 3.05) is 13.2 Å². The zero-order chi connectivity index (χ0) is 15.7. The predicted molar refractivity (Wildman–Crippen MR) is 77.1 cm³/mol. The number of benzene rings is 1. The van der Waals surface area contributed by atoms with Crippen LogP contribution in [0, 0.1) is 0 Å². The zero-order valence-corrected chi connectivity index (χ0v) is 12.1. The highest BCUT2D eigenvalue weighted by molar-refractivity contribution is 5.73. The molecule has 0 bridgehead atoms. The minimum absolute atomic E-state index is 0.223. The number of hydrogen-bond donors (Lipinski definition) is 2. The molecule has 0 spiro atoms. The Morgan fingerprint density at radius 1 is 1.29 bits per heavy atom. The maximum Gasteiger partial charge on any atom is 0.320 e. The molecule has 21 heavy (non-hydrogen) atoms. The van der Waals surface area contributed by atoms with Gasteiger partial charge in [0.05, 0.1) is 13.2 Å². The first kappa shape index (κ1) is 17.0. The minimum atomic E-state index is -1.02. The van der Waals surface area contributed by atoms with Crippen molar-refractivity contribution in [3.8, 4) is 5.75 Å². The van der Waals surface area contributed by atoms with Gasteiger partial charge in [0.1, 0.15) is 11.8 Å². The highest BCUT2D eigenvalue weighted by Crippen LogP contribution is 2.13. The third-order valence-electron chi connectivity index (χ3n) is 2.80. The molecular weight excluding hydrogens is 274 g/mol. The lowest BCUT2D eigenvalue weighted by Gasteiger charge is -2.09. The molecule has 1 rings (SSSR count). The summed E-state index contributed by atoms with van der Waals surface area (Å²) in [4.78, 5) is 21.8. The molecule has 6 heteroatoms. The van der Waals surface area contributed by atoms with Crippen molar-refractivity contribution in [2.24, 2.45) is 5.73 Å². The molecular formula is C15H21NO5. The molecule has 6 nitrogen and oxygen atoms in total. The molecule has 0 amide bonds. The van der Waals surface area contributed by atoms with Crippen molar-refractivity contribution < 1.29 is 24.2 Å². The van der Waals surface area contributed by atoms with E-state index in [1.807, 2.05) is 0 Å². The molecule has 0 aliphatic rings. The second-order valence-corrected chi connectivity index (χ2v) is 4.55. The van der Waals surface area contributed by atoms with E-state index in [0.29, 0.717) is 31.8 Å². The van der Waals surface area contributed by atoms with Gasteiger partial charge >= 0.3 is 11.9 Å². The third-order valence-corrected chi connectivity index (χ3v) is 2.80. The molecule has 0 heterocycles. The standard InChI is InChI=1S/C15H21NO5/c1-2-20-14(17)4-3-9-21-12-7-5-11(6-8-12)10-13(16)15(18)19/h5-8,13H,2-4,9-10,16H2,1H3,(H,18,19)/t13-/m0/s1. The topological polar surface area (TPSA) is 98.9 Å². The summed E-state index contributed by atoms with van der Waals surface area (Å²) in [6.07, 6.45) is 1.20. The van der Waals surface area contributed by atoms with Gasteiger partial charge in [-0.25, -0.2) is 0 Å². The lowest BCUT2D eigenvalue weighted by Crippen LogP contribution is -2.32. The van der Waals surface area contributed by atoms with Crippen molar-refractivity contribution in [1.29, 1.82) is 0 Å². The smallest absolute Gasteiger partial charge is 0.320 e. The van der Waals surface area contributed by atoms with Gasteiger partial charge in [0.25, 0.3) is 0 Å². The van der Waals surface area contributed by atoms with Crippen molar-refractivity contribution in [1.82, 2.24) is 0 Å². The van der Waals surface area contributed by atoms with Crippen LogP contribution < -0.4 is 10.5 Å². The first-order valence-electron chi connectivity index (χ1n) is 6.88. The van der Waals surface area contributed by atoms with E-state index >= 15 is 0 Å². The molecule has 0 aliphatic heterocycles. The fourth-order valence-electron chi connectivity index (χ4n) is 1.70. The Morgan fingerprint density at radius 2 is 1.95 bits per heavy atom. The Labute approximate surface area is 123 Å². The number of carbonyl (C=O) groups is 2. The van der Waals surface area contributed by atoms with E-state index in [0.717, 1.165) is 5.56 Å². The first-order valence-corrected chi connectivity index (χ1v) is 6.88. The van der Waals surface area contributed by atoms with Gasteiger partial charge in [-0.2, -0.15) is 0 Å². The lowest BCUT2D eigenvalue weighted by atomic mass is 10.1. The number of carbonyl (C=O) groups excluding carboxylic acids is 1. The number of carboxylic acid groups (broad SMARTS) is 1. The number of ether oxygens (including phenoxy) is 2. The minimum Gasteiger partial charge on any atom is -0.494 e. The maximum absolute atomic E-state index is 11.1. The summed E-state index contributed by atoms with van der Waals surface area (Å²) in [5.41, 5.74) is 6.30. The van der Waals surface area contributed by atoms with Crippen molar-refractivity contribution in [3.63, 3.8) is 0 Å². The summed E-state index contributed by atoms with van der Waals surface area (Å²) in [6, 6.07) is 6.18. The van der Waals surface area contributed by atoms with Crippen LogP contribution in [-0.2, 0) is 20.7 Å². The van der Waals surface area contributed by atoms with Crippen LogP contribution >= 0.6 is 0 Å². The largest absolute Gasteiger partial charge is 0.494 e. The van der Waals surface area contributed by atoms with E-state index in [-0.39, 0.29) is 12.4 Å². The quantitative estimate of drug-likeness (QED) is 0.527. The number of esters is 1. The van der Waals surface area contributed by atoms with Gasteiger partial charge in [-0.05, 0) is 37.5 Å². The molecule has 0 unspecified atom stereocenters. The van der Waals surface area contributed by atoms with E-state index in [4.69, 9.17) is 20.3 Å². The average molecular weight is 295 g/mol. The molecule has 3 N–H and O–H groups in total. The molecule has 0 fully saturated rings. The molecule has 116 valence electrons. The number of carboxylic acids is 1. The van der Waals surface area contributed by atoms with E-state index in [9.17, 15) is 9.59 Å². The Kier molecular flexibility index (Phi) is 7.25. The van der Waals surface area contributed by atoms with Crippen LogP contribution in [0.15, 0.2) is 24.3 Å². The summed E-state index contributed by atoms with van der Waals surface area (Å²) in [6.45, 7) is 2.58. The second-order valence-electron chi connectivity index (χ2n) is 4.55. The van der Waals surface area contributed by atoms with Gasteiger partial charge in [-0.3, -0.25) is 9.59 Å². The fraction of sp³-hybridized carbons (Fsp3) is 0.467. The first-order chi connectivity index (χ1) is 10.0. The molecule has 1 aromatic carbocycles. The van der Waals surface area contributed by atoms with Crippen LogP contribution in [0.5, 0.6) is 5.75 Å². The van der Waals surface area contributed by atoms with Gasteiger partial charge in [-0.1, -0.05) is 12.1 Å². The summed E-state index contributed by atoms with van der Waals surface area (Å²) in [5, 5.41) is 8.74. The van der Waals surface area contributed by atoms with Crippen LogP contribution in [-0.4, -0.2) is 36.3 Å². The fourth-order valence-corrected chi connectivity index (χ4v) is 1.70. The van der Waals surface area contributed by atoms with Crippen LogP contribution in [0.4, 0.5) is 0 Å². The number of nitrogens with two attached hydrogens (primary N) is 1. The van der Waals surface area contributed by atoms with Gasteiger partial charge in [0, 0.05) is 6.42 Å². The van der Waals surface area contributed by atoms with Gasteiger partial charge in [0.15, 0.2) is 0 Å². The maximum atomic E-state index is 11.1. The third kappa shape index (κ3) is 6.76. The Hall–Kier alpha value is -2.08. The average Bonchev–Trinajstić information content (AvgIpc) is 2.45. The Bertz CT molecular complexity index is 458. The summed E-state index contributed by atoms with van der Waals surface area (Å²) in [5.74, 6) is -0.570. The normalized spacial score (nSPS) is 11.7. The number of aliphatic carboxylic acids is 1. The Balaban J connectivity index is 2.31. The van der Waals surface area contributed by atoms with Crippen LogP contribution in [0.3, 0.4) is 0 Å². The highest BCUT2D eigenvalue weighted by atomic mass is 16.5. The van der Waals surface area contributed by atoms with Crippen LogP contribution in [0.2, 0.25) is 0 Å². The second kappa shape index (κ2) is 8.97. The zero-order valence-electron chi connectivity index (χ0n) is 12.1. The van der Waals surface area contributed by atoms with E-state index in [1.54, 1.807) is 31.2 Å². The SMILES string of the molecule is CCOC(=O)CCCOc1ccc(C[C@H](N)C(=O)O)cc1. The molecule has 0 radical (unpaired) electrons. The van der Waals surface area contributed by atoms with E-state index in [1.165, 1.54) is 0 Å². The molecule has 0 saturated heterocycles. The van der Waals surface area contributed by atoms with Gasteiger partial charge < -0.3 is 20.3 Å². The van der Waals surface area contributed by atoms with E-state index in [2.05, 4.69) is 0 Å². The van der Waals surface area contributed by atoms with Crippen molar-refractivity contribution in [3.05, 3.63) is 29.8 Å². The van der Waals surface area contributed by atoms with Gasteiger partial charge in [-0.15, -0.1) is 0 Å². The number of hydrogen-bond acceptors (Lipinski definition) is 5. The van der Waals surface area contributed by atoms with Gasteiger partial charge in [0.2, 0.25) is 0 Å². The van der Waals surface area contributed by atoms with E-state index < -0.39 is 12.0 Å². The summed E-state index contributed by atoms with van der Waals surface area (Å²) >= 11 is 0. The molecule has 1 atom stereocenters. The lowest BCUT2D eigenvalue weighted by molar-refractivity contribution is -0.143. The molecule has 0 aromatic heterocycles. The monoisotopic (exact) mass is 295 g/mol. The highest BCUT2D eigenvalue weighted by Gasteiger charge is 2.11. The summed E-state index contributed by atoms with van der Waals surface area (Å²) < 4.78 is 10.3. The van der Waals surface area contributed by atoms with Crippen molar-refractivity contribution in [2.45, 2.75) is 32.2 Å². The summed E-state index contributed by atoms with van der Waals surface area (Å²) in [7, 11) is 0. The molecule has 1 aromatic rings. The van der Waals surface area contributed by atoms with Crippen molar-refractivity contribution >= 4 is 11.9 Å². The molecule has 0 saturated carbocycles.